The van der Waals surface area contributed by atoms with E-state index in [1.165, 1.54) is 17.0 Å². The lowest BCUT2D eigenvalue weighted by Crippen LogP contribution is -2.51. The summed E-state index contributed by atoms with van der Waals surface area (Å²) in [5.74, 6) is -0.548. The number of nitrogens with one attached hydrogen (secondary N) is 1. The molecule has 180 valence electrons. The van der Waals surface area contributed by atoms with Crippen molar-refractivity contribution in [2.24, 2.45) is 5.92 Å². The Morgan fingerprint density at radius 2 is 1.73 bits per heavy atom. The number of anilines is 1. The summed E-state index contributed by atoms with van der Waals surface area (Å²) in [6.07, 6.45) is 1.03. The van der Waals surface area contributed by atoms with E-state index in [0.717, 1.165) is 20.6 Å². The van der Waals surface area contributed by atoms with Gasteiger partial charge in [0.1, 0.15) is 12.6 Å². The highest BCUT2D eigenvalue weighted by atomic mass is 79.9. The van der Waals surface area contributed by atoms with E-state index >= 15 is 0 Å². The summed E-state index contributed by atoms with van der Waals surface area (Å²) in [7, 11) is -3.77. The summed E-state index contributed by atoms with van der Waals surface area (Å²) in [6.45, 7) is 5.76. The first-order valence-electron chi connectivity index (χ1n) is 10.4. The molecule has 0 aliphatic carbocycles. The molecule has 0 aliphatic heterocycles. The molecule has 2 aromatic rings. The molecule has 0 saturated carbocycles. The van der Waals surface area contributed by atoms with Crippen molar-refractivity contribution in [3.63, 3.8) is 0 Å². The third-order valence-corrected chi connectivity index (χ3v) is 6.77. The van der Waals surface area contributed by atoms with Crippen LogP contribution in [0.3, 0.4) is 0 Å². The summed E-state index contributed by atoms with van der Waals surface area (Å²) >= 11 is 9.34. The van der Waals surface area contributed by atoms with Crippen LogP contribution < -0.4 is 9.62 Å². The van der Waals surface area contributed by atoms with Crippen molar-refractivity contribution in [2.75, 3.05) is 23.7 Å². The molecular formula is C23H29BrClN3O4S. The van der Waals surface area contributed by atoms with E-state index in [-0.39, 0.29) is 18.4 Å². The molecule has 0 heterocycles. The van der Waals surface area contributed by atoms with E-state index in [9.17, 15) is 18.0 Å². The minimum atomic E-state index is -3.77. The van der Waals surface area contributed by atoms with Crippen LogP contribution in [0.2, 0.25) is 5.02 Å². The number of hydrogen-bond acceptors (Lipinski definition) is 4. The Hall–Kier alpha value is -2.10. The first-order chi connectivity index (χ1) is 15.4. The molecule has 0 fully saturated rings. The third kappa shape index (κ3) is 8.32. The van der Waals surface area contributed by atoms with Gasteiger partial charge in [0.2, 0.25) is 21.8 Å². The number of halogens is 2. The normalized spacial score (nSPS) is 12.3. The highest BCUT2D eigenvalue weighted by Crippen LogP contribution is 2.22. The average molecular weight is 559 g/mol. The lowest BCUT2D eigenvalue weighted by molar-refractivity contribution is -0.139. The Labute approximate surface area is 209 Å². The molecule has 33 heavy (non-hydrogen) atoms. The molecule has 0 spiro atoms. The van der Waals surface area contributed by atoms with Crippen LogP contribution in [0.5, 0.6) is 0 Å². The smallest absolute Gasteiger partial charge is 0.244 e. The maximum Gasteiger partial charge on any atom is 0.244 e. The summed E-state index contributed by atoms with van der Waals surface area (Å²) in [5.41, 5.74) is 1.12. The molecule has 2 amide bonds. The standard InChI is InChI=1S/C23H29BrClN3O4S/c1-16(2)13-26-23(30)17(3)27(14-18-6-5-7-19(24)12-18)22(29)15-28(33(4,31)32)21-10-8-20(25)9-11-21/h5-12,16-17H,13-15H2,1-4H3,(H,26,30)/t17-/m1/s1. The number of amides is 2. The number of carbonyl (C=O) groups is 2. The molecule has 1 atom stereocenters. The summed E-state index contributed by atoms with van der Waals surface area (Å²) in [6, 6.07) is 12.8. The van der Waals surface area contributed by atoms with Crippen LogP contribution in [-0.4, -0.2) is 50.5 Å². The van der Waals surface area contributed by atoms with Gasteiger partial charge in [-0.05, 0) is 54.8 Å². The molecule has 2 rings (SSSR count). The number of rotatable bonds is 10. The van der Waals surface area contributed by atoms with Crippen LogP contribution in [0.1, 0.15) is 26.3 Å². The van der Waals surface area contributed by atoms with Gasteiger partial charge in [0.15, 0.2) is 0 Å². The van der Waals surface area contributed by atoms with Gasteiger partial charge in [-0.15, -0.1) is 0 Å². The fraction of sp³-hybridized carbons (Fsp3) is 0.391. The molecule has 10 heteroatoms. The van der Waals surface area contributed by atoms with Crippen LogP contribution in [0.4, 0.5) is 5.69 Å². The zero-order valence-electron chi connectivity index (χ0n) is 19.1. The molecule has 7 nitrogen and oxygen atoms in total. The van der Waals surface area contributed by atoms with Gasteiger partial charge in [0, 0.05) is 22.6 Å². The predicted octanol–water partition coefficient (Wildman–Crippen LogP) is 4.06. The number of hydrogen-bond donors (Lipinski definition) is 1. The van der Waals surface area contributed by atoms with Crippen molar-refractivity contribution in [2.45, 2.75) is 33.4 Å². The van der Waals surface area contributed by atoms with E-state index in [2.05, 4.69) is 21.2 Å². The third-order valence-electron chi connectivity index (χ3n) is 4.89. The van der Waals surface area contributed by atoms with Gasteiger partial charge in [0.05, 0.1) is 11.9 Å². The molecule has 0 aliphatic rings. The number of benzene rings is 2. The molecule has 0 unspecified atom stereocenters. The highest BCUT2D eigenvalue weighted by Gasteiger charge is 2.30. The molecular weight excluding hydrogens is 530 g/mol. The van der Waals surface area contributed by atoms with Gasteiger partial charge in [-0.3, -0.25) is 13.9 Å². The van der Waals surface area contributed by atoms with Crippen molar-refractivity contribution < 1.29 is 18.0 Å². The van der Waals surface area contributed by atoms with Crippen molar-refractivity contribution in [1.82, 2.24) is 10.2 Å². The Kier molecular flexibility index (Phi) is 9.75. The number of carbonyl (C=O) groups excluding carboxylic acids is 2. The molecule has 0 aromatic heterocycles. The zero-order valence-corrected chi connectivity index (χ0v) is 22.2. The van der Waals surface area contributed by atoms with Gasteiger partial charge in [0.25, 0.3) is 0 Å². The molecule has 0 saturated heterocycles. The maximum absolute atomic E-state index is 13.4. The molecule has 2 aromatic carbocycles. The van der Waals surface area contributed by atoms with Crippen LogP contribution >= 0.6 is 27.5 Å². The monoisotopic (exact) mass is 557 g/mol. The van der Waals surface area contributed by atoms with Crippen LogP contribution in [0, 0.1) is 5.92 Å². The van der Waals surface area contributed by atoms with Gasteiger partial charge >= 0.3 is 0 Å². The molecule has 1 N–H and O–H groups in total. The van der Waals surface area contributed by atoms with Crippen molar-refractivity contribution >= 4 is 55.1 Å². The SMILES string of the molecule is CC(C)CNC(=O)[C@@H](C)N(Cc1cccc(Br)c1)C(=O)CN(c1ccc(Cl)cc1)S(C)(=O)=O. The largest absolute Gasteiger partial charge is 0.354 e. The lowest BCUT2D eigenvalue weighted by atomic mass is 10.1. The van der Waals surface area contributed by atoms with E-state index in [1.54, 1.807) is 19.1 Å². The Morgan fingerprint density at radius 3 is 2.27 bits per heavy atom. The number of nitrogens with zero attached hydrogens (tertiary/aromatic N) is 2. The highest BCUT2D eigenvalue weighted by molar-refractivity contribution is 9.10. The Balaban J connectivity index is 2.35. The first kappa shape index (κ1) is 27.1. The van der Waals surface area contributed by atoms with Crippen LogP contribution in [-0.2, 0) is 26.2 Å². The minimum absolute atomic E-state index is 0.146. The Bertz CT molecular complexity index is 1080. The fourth-order valence-corrected chi connectivity index (χ4v) is 4.51. The van der Waals surface area contributed by atoms with Crippen molar-refractivity contribution in [3.8, 4) is 0 Å². The van der Waals surface area contributed by atoms with Crippen LogP contribution in [0.15, 0.2) is 53.0 Å². The quantitative estimate of drug-likeness (QED) is 0.477. The second kappa shape index (κ2) is 11.9. The van der Waals surface area contributed by atoms with E-state index < -0.39 is 28.5 Å². The van der Waals surface area contributed by atoms with Crippen molar-refractivity contribution in [1.29, 1.82) is 0 Å². The van der Waals surface area contributed by atoms with Gasteiger partial charge in [-0.25, -0.2) is 8.42 Å². The van der Waals surface area contributed by atoms with Gasteiger partial charge in [-0.2, -0.15) is 0 Å². The van der Waals surface area contributed by atoms with Gasteiger partial charge < -0.3 is 10.2 Å². The summed E-state index contributed by atoms with van der Waals surface area (Å²) in [5, 5.41) is 3.30. The first-order valence-corrected chi connectivity index (χ1v) is 13.4. The zero-order chi connectivity index (χ0) is 24.8. The van der Waals surface area contributed by atoms with Crippen LogP contribution in [0.25, 0.3) is 0 Å². The van der Waals surface area contributed by atoms with E-state index in [1.807, 2.05) is 38.1 Å². The number of sulfonamides is 1. The minimum Gasteiger partial charge on any atom is -0.354 e. The lowest BCUT2D eigenvalue weighted by Gasteiger charge is -2.31. The Morgan fingerprint density at radius 1 is 1.09 bits per heavy atom. The maximum atomic E-state index is 13.4. The second-order valence-corrected chi connectivity index (χ2v) is 11.5. The van der Waals surface area contributed by atoms with Crippen molar-refractivity contribution in [3.05, 3.63) is 63.6 Å². The van der Waals surface area contributed by atoms with E-state index in [4.69, 9.17) is 11.6 Å². The van der Waals surface area contributed by atoms with Gasteiger partial charge in [-0.1, -0.05) is 53.5 Å². The summed E-state index contributed by atoms with van der Waals surface area (Å²) < 4.78 is 26.8. The topological polar surface area (TPSA) is 86.8 Å². The summed E-state index contributed by atoms with van der Waals surface area (Å²) in [4.78, 5) is 27.6. The average Bonchev–Trinajstić information content (AvgIpc) is 2.73. The fourth-order valence-electron chi connectivity index (χ4n) is 3.09. The molecule has 0 bridgehead atoms. The predicted molar refractivity (Wildman–Crippen MR) is 136 cm³/mol. The molecule has 0 radical (unpaired) electrons. The second-order valence-electron chi connectivity index (χ2n) is 8.21. The van der Waals surface area contributed by atoms with E-state index in [0.29, 0.717) is 17.3 Å².